The highest BCUT2D eigenvalue weighted by Gasteiger charge is 1.83. The van der Waals surface area contributed by atoms with Crippen molar-refractivity contribution < 1.29 is 0 Å². The number of hydrogen-bond donors (Lipinski definition) is 0. The molecule has 2 aromatic rings. The van der Waals surface area contributed by atoms with Crippen molar-refractivity contribution in [2.75, 3.05) is 0 Å². The van der Waals surface area contributed by atoms with Crippen molar-refractivity contribution >= 4 is 11.3 Å². The quantitative estimate of drug-likeness (QED) is 0.588. The van der Waals surface area contributed by atoms with Crippen LogP contribution in [-0.4, -0.2) is 0 Å². The summed E-state index contributed by atoms with van der Waals surface area (Å²) in [5.41, 5.74) is 2.74. The van der Waals surface area contributed by atoms with Gasteiger partial charge in [0.25, 0.3) is 0 Å². The van der Waals surface area contributed by atoms with E-state index in [0.717, 1.165) is 0 Å². The Hall–Kier alpha value is -1.08. The third-order valence-corrected chi connectivity index (χ3v) is 2.48. The van der Waals surface area contributed by atoms with Gasteiger partial charge in [0, 0.05) is 0 Å². The van der Waals surface area contributed by atoms with Gasteiger partial charge in [0.15, 0.2) is 0 Å². The molecule has 0 saturated carbocycles. The van der Waals surface area contributed by atoms with E-state index in [4.69, 9.17) is 0 Å². The lowest BCUT2D eigenvalue weighted by atomic mass is 10.1. The maximum absolute atomic E-state index is 2.12. The summed E-state index contributed by atoms with van der Waals surface area (Å²) in [6.07, 6.45) is 0. The first-order valence-electron chi connectivity index (χ1n) is 4.30. The van der Waals surface area contributed by atoms with E-state index in [2.05, 4.69) is 38.1 Å². The maximum atomic E-state index is 2.12. The molecule has 0 amide bonds. The molecule has 0 fully saturated rings. The van der Waals surface area contributed by atoms with Crippen LogP contribution in [0.4, 0.5) is 0 Å². The first-order valence-corrected chi connectivity index (χ1v) is 5.24. The summed E-state index contributed by atoms with van der Waals surface area (Å²) in [7, 11) is 0. The van der Waals surface area contributed by atoms with Crippen LogP contribution >= 0.6 is 11.3 Å². The van der Waals surface area contributed by atoms with E-state index >= 15 is 0 Å². The number of rotatable bonds is 0. The van der Waals surface area contributed by atoms with E-state index in [0.29, 0.717) is 0 Å². The fourth-order valence-electron chi connectivity index (χ4n) is 0.889. The molecule has 0 bridgehead atoms. The molecule has 0 aliphatic heterocycles. The minimum atomic E-state index is 1.37. The fraction of sp³-hybridized carbons (Fsp3) is 0.167. The highest BCUT2D eigenvalue weighted by molar-refractivity contribution is 7.07. The summed E-state index contributed by atoms with van der Waals surface area (Å²) >= 11 is 1.71. The minimum absolute atomic E-state index is 1.37. The zero-order chi connectivity index (χ0) is 9.52. The molecule has 13 heavy (non-hydrogen) atoms. The maximum Gasteiger partial charge on any atom is -0.00934 e. The average molecular weight is 190 g/mol. The van der Waals surface area contributed by atoms with Gasteiger partial charge < -0.3 is 0 Å². The van der Waals surface area contributed by atoms with Crippen LogP contribution in [0.3, 0.4) is 0 Å². The van der Waals surface area contributed by atoms with E-state index in [1.54, 1.807) is 11.3 Å². The van der Waals surface area contributed by atoms with Crippen molar-refractivity contribution in [2.45, 2.75) is 13.8 Å². The van der Waals surface area contributed by atoms with Crippen LogP contribution < -0.4 is 0 Å². The van der Waals surface area contributed by atoms with Crippen LogP contribution in [0.1, 0.15) is 11.1 Å². The molecule has 0 unspecified atom stereocenters. The van der Waals surface area contributed by atoms with Crippen LogP contribution in [0, 0.1) is 13.8 Å². The Morgan fingerprint density at radius 2 is 1.23 bits per heavy atom. The Labute approximate surface area is 83.9 Å². The third-order valence-electron chi connectivity index (χ3n) is 1.85. The molecule has 0 aliphatic carbocycles. The Morgan fingerprint density at radius 3 is 1.46 bits per heavy atom. The third kappa shape index (κ3) is 3.90. The van der Waals surface area contributed by atoms with Crippen molar-refractivity contribution in [3.05, 3.63) is 58.3 Å². The number of benzene rings is 1. The largest absolute Gasteiger partial charge is 0.152 e. The van der Waals surface area contributed by atoms with Gasteiger partial charge in [0.2, 0.25) is 0 Å². The lowest BCUT2D eigenvalue weighted by Crippen LogP contribution is -1.74. The first kappa shape index (κ1) is 10.0. The van der Waals surface area contributed by atoms with Gasteiger partial charge in [-0.15, -0.1) is 0 Å². The SMILES string of the molecule is Cc1ccccc1C.c1ccsc1. The molecule has 2 rings (SSSR count). The molecule has 0 saturated heterocycles. The summed E-state index contributed by atoms with van der Waals surface area (Å²) in [5, 5.41) is 4.08. The lowest BCUT2D eigenvalue weighted by molar-refractivity contribution is 1.34. The average Bonchev–Trinajstić information content (AvgIpc) is 2.68. The second-order valence-electron chi connectivity index (χ2n) is 2.88. The van der Waals surface area contributed by atoms with Gasteiger partial charge >= 0.3 is 0 Å². The summed E-state index contributed by atoms with van der Waals surface area (Å²) < 4.78 is 0. The van der Waals surface area contributed by atoms with Crippen molar-refractivity contribution in [3.63, 3.8) is 0 Å². The van der Waals surface area contributed by atoms with Crippen LogP contribution in [0.2, 0.25) is 0 Å². The summed E-state index contributed by atoms with van der Waals surface area (Å²) in [4.78, 5) is 0. The van der Waals surface area contributed by atoms with Crippen molar-refractivity contribution in [1.82, 2.24) is 0 Å². The van der Waals surface area contributed by atoms with Gasteiger partial charge in [0.05, 0.1) is 0 Å². The number of thiophene rings is 1. The molecule has 0 nitrogen and oxygen atoms in total. The molecule has 0 N–H and O–H groups in total. The van der Waals surface area contributed by atoms with E-state index in [1.807, 2.05) is 22.9 Å². The normalized spacial score (nSPS) is 8.77. The first-order chi connectivity index (χ1) is 6.30. The lowest BCUT2D eigenvalue weighted by Gasteiger charge is -1.93. The molecule has 1 heterocycles. The summed E-state index contributed by atoms with van der Waals surface area (Å²) in [6.45, 7) is 4.24. The Balaban J connectivity index is 0.000000145. The molecule has 68 valence electrons. The van der Waals surface area contributed by atoms with E-state index in [-0.39, 0.29) is 0 Å². The van der Waals surface area contributed by atoms with Crippen LogP contribution in [0.25, 0.3) is 0 Å². The van der Waals surface area contributed by atoms with Gasteiger partial charge in [0.1, 0.15) is 0 Å². The van der Waals surface area contributed by atoms with Gasteiger partial charge in [-0.3, -0.25) is 0 Å². The van der Waals surface area contributed by atoms with Gasteiger partial charge in [-0.05, 0) is 35.7 Å². The molecule has 1 heteroatoms. The summed E-state index contributed by atoms with van der Waals surface area (Å²) in [6, 6.07) is 12.4. The predicted molar refractivity (Wildman–Crippen MR) is 60.2 cm³/mol. The van der Waals surface area contributed by atoms with Crippen LogP contribution in [0.5, 0.6) is 0 Å². The topological polar surface area (TPSA) is 0 Å². The minimum Gasteiger partial charge on any atom is -0.152 e. The monoisotopic (exact) mass is 190 g/mol. The van der Waals surface area contributed by atoms with E-state index in [9.17, 15) is 0 Å². The van der Waals surface area contributed by atoms with Gasteiger partial charge in [-0.1, -0.05) is 36.4 Å². The predicted octanol–water partition coefficient (Wildman–Crippen LogP) is 4.05. The molecule has 1 aromatic heterocycles. The second kappa shape index (κ2) is 5.55. The van der Waals surface area contributed by atoms with Gasteiger partial charge in [-0.25, -0.2) is 0 Å². The molecule has 0 spiro atoms. The standard InChI is InChI=1S/C8H10.C4H4S/c1-7-5-3-4-6-8(7)2;1-2-4-5-3-1/h3-6H,1-2H3;1-4H. The number of hydrogen-bond acceptors (Lipinski definition) is 1. The zero-order valence-electron chi connectivity index (χ0n) is 8.03. The van der Waals surface area contributed by atoms with Crippen molar-refractivity contribution in [2.24, 2.45) is 0 Å². The Bertz CT molecular complexity index is 284. The van der Waals surface area contributed by atoms with Gasteiger partial charge in [-0.2, -0.15) is 11.3 Å². The highest BCUT2D eigenvalue weighted by Crippen LogP contribution is 2.02. The van der Waals surface area contributed by atoms with Crippen molar-refractivity contribution in [1.29, 1.82) is 0 Å². The fourth-order valence-corrected chi connectivity index (χ4v) is 1.34. The molecular formula is C12H14S. The highest BCUT2D eigenvalue weighted by atomic mass is 32.1. The van der Waals surface area contributed by atoms with Crippen molar-refractivity contribution in [3.8, 4) is 0 Å². The summed E-state index contributed by atoms with van der Waals surface area (Å²) in [5.74, 6) is 0. The van der Waals surface area contributed by atoms with Crippen LogP contribution in [0.15, 0.2) is 47.2 Å². The smallest absolute Gasteiger partial charge is 0.00934 e. The Kier molecular flexibility index (Phi) is 4.27. The zero-order valence-corrected chi connectivity index (χ0v) is 8.84. The van der Waals surface area contributed by atoms with E-state index in [1.165, 1.54) is 11.1 Å². The molecular weight excluding hydrogens is 176 g/mol. The second-order valence-corrected chi connectivity index (χ2v) is 3.69. The number of aryl methyl sites for hydroxylation is 2. The Morgan fingerprint density at radius 1 is 0.769 bits per heavy atom. The van der Waals surface area contributed by atoms with E-state index < -0.39 is 0 Å². The molecule has 0 atom stereocenters. The molecule has 0 aliphatic rings. The van der Waals surface area contributed by atoms with Crippen LogP contribution in [-0.2, 0) is 0 Å². The molecule has 0 radical (unpaired) electrons. The molecule has 1 aromatic carbocycles.